The van der Waals surface area contributed by atoms with Crippen LogP contribution in [0.5, 0.6) is 0 Å². The second-order valence-electron chi connectivity index (χ2n) is 5.70. The topological polar surface area (TPSA) is 61.4 Å². The van der Waals surface area contributed by atoms with Crippen LogP contribution in [0, 0.1) is 0 Å². The van der Waals surface area contributed by atoms with Gasteiger partial charge in [0.05, 0.1) is 6.61 Å². The fourth-order valence-corrected chi connectivity index (χ4v) is 2.84. The van der Waals surface area contributed by atoms with Crippen LogP contribution in [0.15, 0.2) is 72.8 Å². The molecule has 3 aromatic rings. The minimum Gasteiger partial charge on any atom is -0.392 e. The first-order chi connectivity index (χ1) is 12.7. The number of aliphatic hydroxyl groups excluding tert-OH is 1. The molecule has 5 heteroatoms. The van der Waals surface area contributed by atoms with E-state index in [2.05, 4.69) is 10.6 Å². The normalized spacial score (nSPS) is 10.8. The van der Waals surface area contributed by atoms with Crippen LogP contribution in [0.1, 0.15) is 11.1 Å². The Labute approximate surface area is 157 Å². The van der Waals surface area contributed by atoms with E-state index in [9.17, 15) is 4.79 Å². The highest BCUT2D eigenvalue weighted by Crippen LogP contribution is 2.19. The van der Waals surface area contributed by atoms with E-state index < -0.39 is 0 Å². The number of aliphatic hydroxyl groups is 1. The van der Waals surface area contributed by atoms with E-state index in [1.807, 2.05) is 48.5 Å². The van der Waals surface area contributed by atoms with Crippen molar-refractivity contribution in [2.75, 3.05) is 5.32 Å². The molecule has 0 heterocycles. The van der Waals surface area contributed by atoms with E-state index in [1.165, 1.54) is 6.08 Å². The second-order valence-corrected chi connectivity index (χ2v) is 6.11. The van der Waals surface area contributed by atoms with Crippen molar-refractivity contribution in [1.82, 2.24) is 5.32 Å². The molecule has 3 aromatic carbocycles. The first-order valence-corrected chi connectivity index (χ1v) is 8.54. The lowest BCUT2D eigenvalue weighted by molar-refractivity contribution is -0.115. The quantitative estimate of drug-likeness (QED) is 0.487. The van der Waals surface area contributed by atoms with Crippen LogP contribution < -0.4 is 10.6 Å². The average Bonchev–Trinajstić information content (AvgIpc) is 2.66. The molecule has 0 radical (unpaired) electrons. The van der Waals surface area contributed by atoms with Crippen molar-refractivity contribution in [2.45, 2.75) is 6.61 Å². The Bertz CT molecular complexity index is 977. The van der Waals surface area contributed by atoms with Gasteiger partial charge in [-0.25, -0.2) is 0 Å². The highest BCUT2D eigenvalue weighted by Gasteiger charge is 2.03. The molecule has 1 amide bonds. The standard InChI is InChI=1S/C21H18N2O2S/c24-14-15-5-3-9-18(13-15)22-21(26)23-20(25)12-11-17-8-4-7-16-6-1-2-10-19(16)17/h1-13,24H,14H2,(H2,22,23,25,26). The minimum absolute atomic E-state index is 0.0532. The van der Waals surface area contributed by atoms with Crippen LogP contribution in [-0.4, -0.2) is 16.1 Å². The summed E-state index contributed by atoms with van der Waals surface area (Å²) in [5, 5.41) is 17.1. The minimum atomic E-state index is -0.311. The summed E-state index contributed by atoms with van der Waals surface area (Å²) < 4.78 is 0. The lowest BCUT2D eigenvalue weighted by Gasteiger charge is -2.09. The Hall–Kier alpha value is -3.02. The molecule has 0 fully saturated rings. The first kappa shape index (κ1) is 17.8. The SMILES string of the molecule is O=C(C=Cc1cccc2ccccc12)NC(=S)Nc1cccc(CO)c1. The van der Waals surface area contributed by atoms with E-state index in [0.717, 1.165) is 21.9 Å². The van der Waals surface area contributed by atoms with Crippen LogP contribution in [0.4, 0.5) is 5.69 Å². The van der Waals surface area contributed by atoms with Gasteiger partial charge in [-0.15, -0.1) is 0 Å². The largest absolute Gasteiger partial charge is 0.392 e. The molecule has 3 rings (SSSR count). The van der Waals surface area contributed by atoms with Crippen LogP contribution in [-0.2, 0) is 11.4 Å². The molecule has 0 aromatic heterocycles. The summed E-state index contributed by atoms with van der Waals surface area (Å²) in [5.41, 5.74) is 2.44. The van der Waals surface area contributed by atoms with Crippen LogP contribution >= 0.6 is 12.2 Å². The van der Waals surface area contributed by atoms with Crippen molar-refractivity contribution in [3.05, 3.63) is 83.9 Å². The lowest BCUT2D eigenvalue weighted by atomic mass is 10.0. The van der Waals surface area contributed by atoms with Crippen molar-refractivity contribution < 1.29 is 9.90 Å². The summed E-state index contributed by atoms with van der Waals surface area (Å²) in [5.74, 6) is -0.311. The zero-order chi connectivity index (χ0) is 18.4. The molecule has 0 saturated carbocycles. The number of anilines is 1. The fourth-order valence-electron chi connectivity index (χ4n) is 2.62. The predicted molar refractivity (Wildman–Crippen MR) is 110 cm³/mol. The summed E-state index contributed by atoms with van der Waals surface area (Å²) in [6.45, 7) is -0.0532. The van der Waals surface area contributed by atoms with E-state index >= 15 is 0 Å². The highest BCUT2D eigenvalue weighted by molar-refractivity contribution is 7.80. The number of hydrogen-bond acceptors (Lipinski definition) is 3. The maximum absolute atomic E-state index is 12.1. The van der Waals surface area contributed by atoms with Gasteiger partial charge in [-0.2, -0.15) is 0 Å². The molecule has 0 aliphatic carbocycles. The van der Waals surface area contributed by atoms with Crippen LogP contribution in [0.2, 0.25) is 0 Å². The Balaban J connectivity index is 1.64. The maximum atomic E-state index is 12.1. The highest BCUT2D eigenvalue weighted by atomic mass is 32.1. The molecule has 0 saturated heterocycles. The van der Waals surface area contributed by atoms with E-state index in [-0.39, 0.29) is 17.6 Å². The summed E-state index contributed by atoms with van der Waals surface area (Å²) in [6, 6.07) is 21.2. The molecule has 0 bridgehead atoms. The molecule has 3 N–H and O–H groups in total. The number of benzene rings is 3. The summed E-state index contributed by atoms with van der Waals surface area (Å²) >= 11 is 5.16. The third kappa shape index (κ3) is 4.53. The van der Waals surface area contributed by atoms with Gasteiger partial charge in [0.1, 0.15) is 0 Å². The summed E-state index contributed by atoms with van der Waals surface area (Å²) in [6.07, 6.45) is 3.23. The molecule has 0 aliphatic heterocycles. The van der Waals surface area contributed by atoms with Crippen LogP contribution in [0.25, 0.3) is 16.8 Å². The van der Waals surface area contributed by atoms with Crippen molar-refractivity contribution in [3.8, 4) is 0 Å². The Kier molecular flexibility index (Phi) is 5.73. The van der Waals surface area contributed by atoms with Gasteiger partial charge in [-0.1, -0.05) is 54.6 Å². The number of fused-ring (bicyclic) bond motifs is 1. The van der Waals surface area contributed by atoms with Gasteiger partial charge < -0.3 is 10.4 Å². The van der Waals surface area contributed by atoms with Crippen LogP contribution in [0.3, 0.4) is 0 Å². The van der Waals surface area contributed by atoms with Gasteiger partial charge in [0.15, 0.2) is 5.11 Å². The third-order valence-corrected chi connectivity index (χ3v) is 4.05. The van der Waals surface area contributed by atoms with Gasteiger partial charge >= 0.3 is 0 Å². The maximum Gasteiger partial charge on any atom is 0.250 e. The Morgan fingerprint density at radius 3 is 2.65 bits per heavy atom. The van der Waals surface area contributed by atoms with Crippen molar-refractivity contribution in [2.24, 2.45) is 0 Å². The molecule has 0 unspecified atom stereocenters. The Morgan fingerprint density at radius 2 is 1.81 bits per heavy atom. The number of carbonyl (C=O) groups excluding carboxylic acids is 1. The summed E-state index contributed by atoms with van der Waals surface area (Å²) in [7, 11) is 0. The third-order valence-electron chi connectivity index (χ3n) is 3.84. The summed E-state index contributed by atoms with van der Waals surface area (Å²) in [4.78, 5) is 12.1. The van der Waals surface area contributed by atoms with E-state index in [4.69, 9.17) is 17.3 Å². The van der Waals surface area contributed by atoms with Crippen molar-refractivity contribution in [3.63, 3.8) is 0 Å². The zero-order valence-corrected chi connectivity index (χ0v) is 14.8. The van der Waals surface area contributed by atoms with E-state index in [1.54, 1.807) is 24.3 Å². The monoisotopic (exact) mass is 362 g/mol. The molecule has 0 aliphatic rings. The molecular weight excluding hydrogens is 344 g/mol. The number of carbonyl (C=O) groups is 1. The van der Waals surface area contributed by atoms with Crippen molar-refractivity contribution >= 4 is 45.8 Å². The second kappa shape index (κ2) is 8.38. The smallest absolute Gasteiger partial charge is 0.250 e. The zero-order valence-electron chi connectivity index (χ0n) is 14.0. The lowest BCUT2D eigenvalue weighted by Crippen LogP contribution is -2.32. The average molecular weight is 362 g/mol. The molecule has 0 atom stereocenters. The van der Waals surface area contributed by atoms with Gasteiger partial charge in [0, 0.05) is 11.8 Å². The first-order valence-electron chi connectivity index (χ1n) is 8.13. The number of hydrogen-bond donors (Lipinski definition) is 3. The van der Waals surface area contributed by atoms with Gasteiger partial charge in [-0.05, 0) is 52.3 Å². The molecule has 4 nitrogen and oxygen atoms in total. The molecule has 130 valence electrons. The van der Waals surface area contributed by atoms with Gasteiger partial charge in [-0.3, -0.25) is 10.1 Å². The van der Waals surface area contributed by atoms with Gasteiger partial charge in [0.2, 0.25) is 5.91 Å². The predicted octanol–water partition coefficient (Wildman–Crippen LogP) is 3.86. The number of rotatable bonds is 4. The number of amides is 1. The fraction of sp³-hybridized carbons (Fsp3) is 0.0476. The van der Waals surface area contributed by atoms with Gasteiger partial charge in [0.25, 0.3) is 0 Å². The molecule has 26 heavy (non-hydrogen) atoms. The number of nitrogens with one attached hydrogen (secondary N) is 2. The molecular formula is C21H18N2O2S. The molecule has 0 spiro atoms. The van der Waals surface area contributed by atoms with Crippen molar-refractivity contribution in [1.29, 1.82) is 0 Å². The number of thiocarbonyl (C=S) groups is 1. The van der Waals surface area contributed by atoms with E-state index in [0.29, 0.717) is 5.69 Å². The Morgan fingerprint density at radius 1 is 1.04 bits per heavy atom.